The topological polar surface area (TPSA) is 38.2 Å². The van der Waals surface area contributed by atoms with Crippen LogP contribution in [0.3, 0.4) is 0 Å². The molecule has 1 aromatic heterocycles. The third-order valence-corrected chi connectivity index (χ3v) is 2.60. The summed E-state index contributed by atoms with van der Waals surface area (Å²) in [4.78, 5) is 10.5. The number of hydrogen-bond acceptors (Lipinski definition) is 4. The van der Waals surface area contributed by atoms with E-state index in [1.165, 1.54) is 0 Å². The smallest absolute Gasteiger partial charge is 0.133 e. The molecule has 0 radical (unpaired) electrons. The molecule has 0 aromatic carbocycles. The van der Waals surface area contributed by atoms with Crippen LogP contribution in [0.5, 0.6) is 0 Å². The molecule has 0 N–H and O–H groups in total. The molecule has 1 saturated heterocycles. The third-order valence-electron chi connectivity index (χ3n) is 2.17. The first-order valence-corrected chi connectivity index (χ1v) is 5.46. The molecule has 0 unspecified atom stereocenters. The van der Waals surface area contributed by atoms with Gasteiger partial charge < -0.3 is 9.64 Å². The van der Waals surface area contributed by atoms with Gasteiger partial charge in [-0.1, -0.05) is 0 Å². The van der Waals surface area contributed by atoms with Crippen LogP contribution in [-0.2, 0) is 4.74 Å². The zero-order valence-corrected chi connectivity index (χ0v) is 9.40. The van der Waals surface area contributed by atoms with Crippen molar-refractivity contribution in [1.29, 1.82) is 0 Å². The van der Waals surface area contributed by atoms with E-state index in [4.69, 9.17) is 4.74 Å². The first-order valence-electron chi connectivity index (χ1n) is 4.66. The molecule has 0 spiro atoms. The minimum Gasteiger partial charge on any atom is -0.380 e. The van der Waals surface area contributed by atoms with Gasteiger partial charge in [0.05, 0.1) is 6.61 Å². The standard InChI is InChI=1S/C9H12BrN3O/c10-8-6-9(12-7-11-8)13-2-1-4-14-5-3-13/h6-7H,1-5H2. The fraction of sp³-hybridized carbons (Fsp3) is 0.556. The molecule has 2 rings (SSSR count). The van der Waals surface area contributed by atoms with Gasteiger partial charge >= 0.3 is 0 Å². The number of rotatable bonds is 1. The number of anilines is 1. The van der Waals surface area contributed by atoms with Crippen molar-refractivity contribution in [1.82, 2.24) is 9.97 Å². The molecular weight excluding hydrogens is 246 g/mol. The molecule has 0 saturated carbocycles. The molecular formula is C9H12BrN3O. The predicted octanol–water partition coefficient (Wildman–Crippen LogP) is 1.47. The summed E-state index contributed by atoms with van der Waals surface area (Å²) in [5, 5.41) is 0. The molecule has 1 aromatic rings. The van der Waals surface area contributed by atoms with Gasteiger partial charge in [0.2, 0.25) is 0 Å². The molecule has 0 aliphatic carbocycles. The molecule has 1 aliphatic rings. The van der Waals surface area contributed by atoms with Gasteiger partial charge in [0, 0.05) is 25.8 Å². The maximum atomic E-state index is 5.38. The maximum absolute atomic E-state index is 5.38. The Balaban J connectivity index is 2.12. The fourth-order valence-corrected chi connectivity index (χ4v) is 1.77. The Morgan fingerprint density at radius 3 is 3.07 bits per heavy atom. The van der Waals surface area contributed by atoms with Gasteiger partial charge in [0.25, 0.3) is 0 Å². The summed E-state index contributed by atoms with van der Waals surface area (Å²) in [5.74, 6) is 0.970. The third kappa shape index (κ3) is 2.42. The first kappa shape index (κ1) is 9.86. The van der Waals surface area contributed by atoms with E-state index >= 15 is 0 Å². The fourth-order valence-electron chi connectivity index (χ4n) is 1.47. The highest BCUT2D eigenvalue weighted by Crippen LogP contribution is 2.15. The lowest BCUT2D eigenvalue weighted by Crippen LogP contribution is -2.26. The first-order chi connectivity index (χ1) is 6.86. The van der Waals surface area contributed by atoms with Crippen molar-refractivity contribution in [2.24, 2.45) is 0 Å². The SMILES string of the molecule is Brc1cc(N2CCCOCC2)ncn1. The van der Waals surface area contributed by atoms with Crippen LogP contribution in [0.25, 0.3) is 0 Å². The van der Waals surface area contributed by atoms with Crippen LogP contribution in [0.15, 0.2) is 17.0 Å². The summed E-state index contributed by atoms with van der Waals surface area (Å²) in [6.07, 6.45) is 2.63. The van der Waals surface area contributed by atoms with Crippen molar-refractivity contribution in [3.05, 3.63) is 17.0 Å². The lowest BCUT2D eigenvalue weighted by atomic mass is 10.4. The van der Waals surface area contributed by atoms with E-state index in [1.807, 2.05) is 6.07 Å². The van der Waals surface area contributed by atoms with E-state index in [0.717, 1.165) is 43.1 Å². The number of hydrogen-bond donors (Lipinski definition) is 0. The van der Waals surface area contributed by atoms with Gasteiger partial charge in [-0.25, -0.2) is 9.97 Å². The molecule has 0 atom stereocenters. The summed E-state index contributed by atoms with van der Waals surface area (Å²) in [6, 6.07) is 1.94. The minimum absolute atomic E-state index is 0.779. The molecule has 4 nitrogen and oxygen atoms in total. The Morgan fingerprint density at radius 1 is 1.29 bits per heavy atom. The summed E-state index contributed by atoms with van der Waals surface area (Å²) in [7, 11) is 0. The second kappa shape index (κ2) is 4.70. The van der Waals surface area contributed by atoms with Gasteiger partial charge in [-0.2, -0.15) is 0 Å². The summed E-state index contributed by atoms with van der Waals surface area (Å²) < 4.78 is 6.21. The van der Waals surface area contributed by atoms with Gasteiger partial charge in [0.15, 0.2) is 0 Å². The minimum atomic E-state index is 0.779. The largest absolute Gasteiger partial charge is 0.380 e. The van der Waals surface area contributed by atoms with Gasteiger partial charge in [-0.3, -0.25) is 0 Å². The lowest BCUT2D eigenvalue weighted by molar-refractivity contribution is 0.152. The highest BCUT2D eigenvalue weighted by atomic mass is 79.9. The molecule has 2 heterocycles. The van der Waals surface area contributed by atoms with E-state index in [2.05, 4.69) is 30.8 Å². The van der Waals surface area contributed by atoms with Crippen molar-refractivity contribution >= 4 is 21.7 Å². The van der Waals surface area contributed by atoms with E-state index in [9.17, 15) is 0 Å². The Bertz CT molecular complexity index is 300. The van der Waals surface area contributed by atoms with Crippen LogP contribution in [0.4, 0.5) is 5.82 Å². The Morgan fingerprint density at radius 2 is 2.21 bits per heavy atom. The number of ether oxygens (including phenoxy) is 1. The zero-order valence-electron chi connectivity index (χ0n) is 7.82. The number of nitrogens with zero attached hydrogens (tertiary/aromatic N) is 3. The second-order valence-electron chi connectivity index (χ2n) is 3.15. The van der Waals surface area contributed by atoms with Crippen molar-refractivity contribution in [2.45, 2.75) is 6.42 Å². The maximum Gasteiger partial charge on any atom is 0.133 e. The van der Waals surface area contributed by atoms with E-state index in [1.54, 1.807) is 6.33 Å². The second-order valence-corrected chi connectivity index (χ2v) is 3.96. The van der Waals surface area contributed by atoms with Gasteiger partial charge in [-0.05, 0) is 22.4 Å². The molecule has 76 valence electrons. The molecule has 14 heavy (non-hydrogen) atoms. The average molecular weight is 258 g/mol. The van der Waals surface area contributed by atoms with Gasteiger partial charge in [-0.15, -0.1) is 0 Å². The van der Waals surface area contributed by atoms with Crippen LogP contribution in [0, 0.1) is 0 Å². The zero-order chi connectivity index (χ0) is 9.80. The normalized spacial score (nSPS) is 17.9. The quantitative estimate of drug-likeness (QED) is 0.715. The Labute approximate surface area is 91.4 Å². The van der Waals surface area contributed by atoms with E-state index < -0.39 is 0 Å². The Hall–Kier alpha value is -0.680. The number of aromatic nitrogens is 2. The molecule has 1 fully saturated rings. The van der Waals surface area contributed by atoms with E-state index in [0.29, 0.717) is 0 Å². The summed E-state index contributed by atoms with van der Waals surface area (Å²) in [5.41, 5.74) is 0. The van der Waals surface area contributed by atoms with Crippen LogP contribution in [-0.4, -0.2) is 36.3 Å². The van der Waals surface area contributed by atoms with Crippen molar-refractivity contribution in [2.75, 3.05) is 31.2 Å². The monoisotopic (exact) mass is 257 g/mol. The molecule has 0 bridgehead atoms. The summed E-state index contributed by atoms with van der Waals surface area (Å²) in [6.45, 7) is 3.54. The van der Waals surface area contributed by atoms with Crippen LogP contribution in [0.1, 0.15) is 6.42 Å². The average Bonchev–Trinajstić information content (AvgIpc) is 2.45. The van der Waals surface area contributed by atoms with Crippen molar-refractivity contribution in [3.63, 3.8) is 0 Å². The Kier molecular flexibility index (Phi) is 3.31. The predicted molar refractivity (Wildman–Crippen MR) is 57.4 cm³/mol. The molecule has 0 amide bonds. The van der Waals surface area contributed by atoms with Gasteiger partial charge in [0.1, 0.15) is 16.7 Å². The van der Waals surface area contributed by atoms with Crippen LogP contribution < -0.4 is 4.90 Å². The van der Waals surface area contributed by atoms with E-state index in [-0.39, 0.29) is 0 Å². The van der Waals surface area contributed by atoms with Crippen molar-refractivity contribution in [3.8, 4) is 0 Å². The van der Waals surface area contributed by atoms with Crippen LogP contribution >= 0.6 is 15.9 Å². The summed E-state index contributed by atoms with van der Waals surface area (Å²) >= 11 is 3.34. The van der Waals surface area contributed by atoms with Crippen molar-refractivity contribution < 1.29 is 4.74 Å². The lowest BCUT2D eigenvalue weighted by Gasteiger charge is -2.20. The number of halogens is 1. The molecule has 5 heteroatoms. The highest BCUT2D eigenvalue weighted by molar-refractivity contribution is 9.10. The molecule has 1 aliphatic heterocycles. The van der Waals surface area contributed by atoms with Crippen LogP contribution in [0.2, 0.25) is 0 Å². The highest BCUT2D eigenvalue weighted by Gasteiger charge is 2.11.